The lowest BCUT2D eigenvalue weighted by molar-refractivity contribution is -0.116. The van der Waals surface area contributed by atoms with E-state index < -0.39 is 0 Å². The minimum atomic E-state index is 0.0390. The van der Waals surface area contributed by atoms with E-state index in [1.54, 1.807) is 0 Å². The first-order valence-corrected chi connectivity index (χ1v) is 7.67. The van der Waals surface area contributed by atoms with E-state index in [0.29, 0.717) is 13.0 Å². The SMILES string of the molecule is CCOc1ccc(CCC(=O)Nc2ccc(C)c(C)c2)cc1. The summed E-state index contributed by atoms with van der Waals surface area (Å²) < 4.78 is 5.41. The quantitative estimate of drug-likeness (QED) is 0.864. The van der Waals surface area contributed by atoms with Gasteiger partial charge in [-0.1, -0.05) is 18.2 Å². The van der Waals surface area contributed by atoms with Gasteiger partial charge in [-0.2, -0.15) is 0 Å². The Morgan fingerprint density at radius 3 is 2.41 bits per heavy atom. The van der Waals surface area contributed by atoms with Gasteiger partial charge in [0.2, 0.25) is 5.91 Å². The molecule has 3 heteroatoms. The number of nitrogens with one attached hydrogen (secondary N) is 1. The Hall–Kier alpha value is -2.29. The van der Waals surface area contributed by atoms with Crippen molar-refractivity contribution in [1.29, 1.82) is 0 Å². The predicted molar refractivity (Wildman–Crippen MR) is 90.5 cm³/mol. The van der Waals surface area contributed by atoms with Crippen molar-refractivity contribution in [1.82, 2.24) is 0 Å². The van der Waals surface area contributed by atoms with Crippen molar-refractivity contribution in [3.05, 3.63) is 59.2 Å². The summed E-state index contributed by atoms with van der Waals surface area (Å²) in [5.74, 6) is 0.906. The molecule has 1 N–H and O–H groups in total. The zero-order valence-electron chi connectivity index (χ0n) is 13.5. The molecule has 0 saturated heterocycles. The van der Waals surface area contributed by atoms with Crippen molar-refractivity contribution in [2.75, 3.05) is 11.9 Å². The highest BCUT2D eigenvalue weighted by Gasteiger charge is 2.04. The maximum Gasteiger partial charge on any atom is 0.224 e. The van der Waals surface area contributed by atoms with Crippen LogP contribution in [0.1, 0.15) is 30.0 Å². The molecule has 1 amide bonds. The van der Waals surface area contributed by atoms with Crippen molar-refractivity contribution >= 4 is 11.6 Å². The Balaban J connectivity index is 1.85. The predicted octanol–water partition coefficient (Wildman–Crippen LogP) is 4.27. The molecule has 0 aliphatic heterocycles. The lowest BCUT2D eigenvalue weighted by atomic mass is 10.1. The fourth-order valence-electron chi connectivity index (χ4n) is 2.22. The van der Waals surface area contributed by atoms with Crippen LogP contribution in [0.2, 0.25) is 0 Å². The van der Waals surface area contributed by atoms with Gasteiger partial charge in [0.1, 0.15) is 5.75 Å². The molecule has 116 valence electrons. The number of hydrogen-bond donors (Lipinski definition) is 1. The molecule has 22 heavy (non-hydrogen) atoms. The second-order valence-corrected chi connectivity index (χ2v) is 5.42. The van der Waals surface area contributed by atoms with Crippen LogP contribution in [0, 0.1) is 13.8 Å². The van der Waals surface area contributed by atoms with Crippen molar-refractivity contribution in [3.63, 3.8) is 0 Å². The molecule has 2 rings (SSSR count). The van der Waals surface area contributed by atoms with Gasteiger partial charge in [-0.3, -0.25) is 4.79 Å². The van der Waals surface area contributed by atoms with Gasteiger partial charge in [-0.15, -0.1) is 0 Å². The van der Waals surface area contributed by atoms with Crippen LogP contribution >= 0.6 is 0 Å². The average molecular weight is 297 g/mol. The van der Waals surface area contributed by atoms with Gasteiger partial charge in [0.05, 0.1) is 6.61 Å². The summed E-state index contributed by atoms with van der Waals surface area (Å²) in [6.07, 6.45) is 1.20. The number of ether oxygens (including phenoxy) is 1. The Labute approximate surface area is 132 Å². The van der Waals surface area contributed by atoms with Crippen LogP contribution in [0.3, 0.4) is 0 Å². The largest absolute Gasteiger partial charge is 0.494 e. The summed E-state index contributed by atoms with van der Waals surface area (Å²) >= 11 is 0. The normalized spacial score (nSPS) is 10.3. The Morgan fingerprint density at radius 1 is 1.05 bits per heavy atom. The van der Waals surface area contributed by atoms with Crippen LogP contribution in [0.5, 0.6) is 5.75 Å². The summed E-state index contributed by atoms with van der Waals surface area (Å²) in [5, 5.41) is 2.95. The summed E-state index contributed by atoms with van der Waals surface area (Å²) in [5.41, 5.74) is 4.41. The molecular weight excluding hydrogens is 274 g/mol. The fourth-order valence-corrected chi connectivity index (χ4v) is 2.22. The van der Waals surface area contributed by atoms with Crippen molar-refractivity contribution < 1.29 is 9.53 Å². The van der Waals surface area contributed by atoms with Gasteiger partial charge >= 0.3 is 0 Å². The highest BCUT2D eigenvalue weighted by atomic mass is 16.5. The maximum absolute atomic E-state index is 12.0. The summed E-state index contributed by atoms with van der Waals surface area (Å²) in [6, 6.07) is 13.9. The third-order valence-electron chi connectivity index (χ3n) is 3.67. The number of carbonyl (C=O) groups excluding carboxylic acids is 1. The number of hydrogen-bond acceptors (Lipinski definition) is 2. The molecule has 0 fully saturated rings. The molecule has 3 nitrogen and oxygen atoms in total. The average Bonchev–Trinajstić information content (AvgIpc) is 2.51. The Kier molecular flexibility index (Phi) is 5.59. The monoisotopic (exact) mass is 297 g/mol. The van der Waals surface area contributed by atoms with Crippen molar-refractivity contribution in [2.45, 2.75) is 33.6 Å². The zero-order chi connectivity index (χ0) is 15.9. The fraction of sp³-hybridized carbons (Fsp3) is 0.316. The van der Waals surface area contributed by atoms with Crippen molar-refractivity contribution in [2.24, 2.45) is 0 Å². The summed E-state index contributed by atoms with van der Waals surface area (Å²) in [6.45, 7) is 6.74. The van der Waals surface area contributed by atoms with Gasteiger partial charge in [0, 0.05) is 12.1 Å². The Bertz CT molecular complexity index is 632. The second-order valence-electron chi connectivity index (χ2n) is 5.42. The van der Waals surface area contributed by atoms with E-state index in [4.69, 9.17) is 4.74 Å². The minimum absolute atomic E-state index is 0.0390. The molecule has 0 unspecified atom stereocenters. The molecule has 0 atom stereocenters. The number of anilines is 1. The molecule has 2 aromatic rings. The van der Waals surface area contributed by atoms with Crippen LogP contribution in [0.15, 0.2) is 42.5 Å². The smallest absolute Gasteiger partial charge is 0.224 e. The van der Waals surface area contributed by atoms with Gasteiger partial charge in [0.25, 0.3) is 0 Å². The molecule has 0 bridgehead atoms. The summed E-state index contributed by atoms with van der Waals surface area (Å²) in [4.78, 5) is 12.0. The molecular formula is C19H23NO2. The summed E-state index contributed by atoms with van der Waals surface area (Å²) in [7, 11) is 0. The first-order chi connectivity index (χ1) is 10.6. The van der Waals surface area contributed by atoms with Gasteiger partial charge < -0.3 is 10.1 Å². The van der Waals surface area contributed by atoms with Crippen LogP contribution in [0.25, 0.3) is 0 Å². The maximum atomic E-state index is 12.0. The molecule has 2 aromatic carbocycles. The number of amides is 1. The standard InChI is InChI=1S/C19H23NO2/c1-4-22-18-10-6-16(7-11-18)8-12-19(21)20-17-9-5-14(2)15(3)13-17/h5-7,9-11,13H,4,8,12H2,1-3H3,(H,20,21). The van der Waals surface area contributed by atoms with Gasteiger partial charge in [0.15, 0.2) is 0 Å². The molecule has 0 saturated carbocycles. The number of benzene rings is 2. The minimum Gasteiger partial charge on any atom is -0.494 e. The third kappa shape index (κ3) is 4.62. The zero-order valence-corrected chi connectivity index (χ0v) is 13.5. The van der Waals surface area contributed by atoms with E-state index in [0.717, 1.165) is 23.4 Å². The van der Waals surface area contributed by atoms with E-state index in [2.05, 4.69) is 12.2 Å². The van der Waals surface area contributed by atoms with Crippen LogP contribution in [-0.2, 0) is 11.2 Å². The van der Waals surface area contributed by atoms with Gasteiger partial charge in [-0.25, -0.2) is 0 Å². The third-order valence-corrected chi connectivity index (χ3v) is 3.67. The molecule has 0 heterocycles. The van der Waals surface area contributed by atoms with Gasteiger partial charge in [-0.05, 0) is 68.1 Å². The van der Waals surface area contributed by atoms with E-state index in [9.17, 15) is 4.79 Å². The number of carbonyl (C=O) groups is 1. The van der Waals surface area contributed by atoms with E-state index in [1.165, 1.54) is 11.1 Å². The van der Waals surface area contributed by atoms with E-state index in [-0.39, 0.29) is 5.91 Å². The van der Waals surface area contributed by atoms with Crippen LogP contribution in [-0.4, -0.2) is 12.5 Å². The molecule has 0 aliphatic carbocycles. The number of rotatable bonds is 6. The molecule has 0 aromatic heterocycles. The lowest BCUT2D eigenvalue weighted by Gasteiger charge is -2.08. The molecule has 0 radical (unpaired) electrons. The lowest BCUT2D eigenvalue weighted by Crippen LogP contribution is -2.12. The Morgan fingerprint density at radius 2 is 1.77 bits per heavy atom. The van der Waals surface area contributed by atoms with Crippen LogP contribution in [0.4, 0.5) is 5.69 Å². The van der Waals surface area contributed by atoms with E-state index >= 15 is 0 Å². The topological polar surface area (TPSA) is 38.3 Å². The highest BCUT2D eigenvalue weighted by molar-refractivity contribution is 5.90. The molecule has 0 aliphatic rings. The highest BCUT2D eigenvalue weighted by Crippen LogP contribution is 2.16. The van der Waals surface area contributed by atoms with Crippen LogP contribution < -0.4 is 10.1 Å². The molecule has 0 spiro atoms. The van der Waals surface area contributed by atoms with E-state index in [1.807, 2.05) is 56.3 Å². The number of aryl methyl sites for hydroxylation is 3. The first kappa shape index (κ1) is 16.1. The second kappa shape index (κ2) is 7.64. The van der Waals surface area contributed by atoms with Crippen molar-refractivity contribution in [3.8, 4) is 5.75 Å². The first-order valence-electron chi connectivity index (χ1n) is 7.67.